The number of carbonyl (C=O) groups excluding carboxylic acids is 1. The Hall–Kier alpha value is -2.57. The van der Waals surface area contributed by atoms with Crippen LogP contribution in [0.2, 0.25) is 0 Å². The van der Waals surface area contributed by atoms with E-state index in [2.05, 4.69) is 10.3 Å². The molecule has 0 radical (unpaired) electrons. The van der Waals surface area contributed by atoms with Crippen molar-refractivity contribution in [3.63, 3.8) is 0 Å². The fourth-order valence-electron chi connectivity index (χ4n) is 2.96. The van der Waals surface area contributed by atoms with Crippen LogP contribution in [0.1, 0.15) is 29.0 Å². The van der Waals surface area contributed by atoms with E-state index in [9.17, 15) is 18.0 Å². The van der Waals surface area contributed by atoms with Gasteiger partial charge in [-0.15, -0.1) is 0 Å². The van der Waals surface area contributed by atoms with Crippen LogP contribution in [-0.2, 0) is 17.5 Å². The van der Waals surface area contributed by atoms with Crippen molar-refractivity contribution >= 4 is 5.91 Å². The molecule has 132 valence electrons. The third-order valence-corrected chi connectivity index (χ3v) is 4.29. The normalized spacial score (nSPS) is 19.4. The first kappa shape index (κ1) is 17.3. The number of aromatic nitrogens is 1. The van der Waals surface area contributed by atoms with E-state index < -0.39 is 23.6 Å². The molecular formula is C18H17F3N2O2. The van der Waals surface area contributed by atoms with E-state index in [0.29, 0.717) is 17.9 Å². The van der Waals surface area contributed by atoms with Gasteiger partial charge in [0.15, 0.2) is 0 Å². The molecule has 2 atom stereocenters. The van der Waals surface area contributed by atoms with Gasteiger partial charge < -0.3 is 10.1 Å². The maximum atomic E-state index is 13.1. The minimum Gasteiger partial charge on any atom is -0.481 e. The molecule has 1 aromatic carbocycles. The summed E-state index contributed by atoms with van der Waals surface area (Å²) in [7, 11) is 1.48. The van der Waals surface area contributed by atoms with Crippen molar-refractivity contribution in [1.29, 1.82) is 0 Å². The first-order valence-electron chi connectivity index (χ1n) is 7.83. The molecule has 7 heteroatoms. The number of alkyl halides is 3. The summed E-state index contributed by atoms with van der Waals surface area (Å²) in [6.45, 7) is 0.222. The Balaban J connectivity index is 1.65. The highest BCUT2D eigenvalue weighted by Gasteiger charge is 2.47. The zero-order chi connectivity index (χ0) is 18.0. The van der Waals surface area contributed by atoms with E-state index >= 15 is 0 Å². The largest absolute Gasteiger partial charge is 0.481 e. The summed E-state index contributed by atoms with van der Waals surface area (Å²) >= 11 is 0. The second-order valence-corrected chi connectivity index (χ2v) is 5.92. The van der Waals surface area contributed by atoms with Crippen molar-refractivity contribution in [3.05, 3.63) is 59.3 Å². The number of pyridine rings is 1. The highest BCUT2D eigenvalue weighted by molar-refractivity contribution is 5.83. The molecule has 0 bridgehead atoms. The number of methoxy groups -OCH3 is 1. The van der Waals surface area contributed by atoms with Crippen molar-refractivity contribution in [2.45, 2.75) is 25.1 Å². The number of amides is 1. The molecule has 1 fully saturated rings. The summed E-state index contributed by atoms with van der Waals surface area (Å²) in [6, 6.07) is 8.93. The zero-order valence-corrected chi connectivity index (χ0v) is 13.5. The van der Waals surface area contributed by atoms with Crippen molar-refractivity contribution in [1.82, 2.24) is 10.3 Å². The Morgan fingerprint density at radius 2 is 2.04 bits per heavy atom. The Labute approximate surface area is 143 Å². The summed E-state index contributed by atoms with van der Waals surface area (Å²) < 4.78 is 44.4. The Morgan fingerprint density at radius 3 is 2.76 bits per heavy atom. The third-order valence-electron chi connectivity index (χ3n) is 4.29. The third kappa shape index (κ3) is 3.75. The fraction of sp³-hybridized carbons (Fsp3) is 0.333. The maximum Gasteiger partial charge on any atom is 0.416 e. The molecule has 0 spiro atoms. The quantitative estimate of drug-likeness (QED) is 0.898. The van der Waals surface area contributed by atoms with Gasteiger partial charge in [-0.3, -0.25) is 4.79 Å². The second kappa shape index (κ2) is 6.74. The molecule has 0 saturated heterocycles. The highest BCUT2D eigenvalue weighted by atomic mass is 19.4. The van der Waals surface area contributed by atoms with Gasteiger partial charge in [0.25, 0.3) is 0 Å². The summed E-state index contributed by atoms with van der Waals surface area (Å²) in [5, 5.41) is 2.75. The number of nitrogens with zero attached hydrogens (tertiary/aromatic N) is 1. The number of ether oxygens (including phenoxy) is 1. The minimum atomic E-state index is -4.41. The first-order chi connectivity index (χ1) is 11.9. The lowest BCUT2D eigenvalue weighted by molar-refractivity contribution is -0.138. The smallest absolute Gasteiger partial charge is 0.416 e. The fourth-order valence-corrected chi connectivity index (χ4v) is 2.96. The van der Waals surface area contributed by atoms with Gasteiger partial charge in [0, 0.05) is 24.2 Å². The van der Waals surface area contributed by atoms with Crippen molar-refractivity contribution in [3.8, 4) is 5.88 Å². The van der Waals surface area contributed by atoms with Crippen LogP contribution in [0.15, 0.2) is 42.6 Å². The van der Waals surface area contributed by atoms with E-state index in [1.165, 1.54) is 19.2 Å². The van der Waals surface area contributed by atoms with Crippen molar-refractivity contribution in [2.75, 3.05) is 7.11 Å². The minimum absolute atomic E-state index is 0.189. The molecular weight excluding hydrogens is 333 g/mol. The number of hydrogen-bond acceptors (Lipinski definition) is 3. The van der Waals surface area contributed by atoms with E-state index in [4.69, 9.17) is 4.74 Å². The molecule has 2 aromatic rings. The van der Waals surface area contributed by atoms with Gasteiger partial charge in [-0.2, -0.15) is 13.2 Å². The van der Waals surface area contributed by atoms with Crippen LogP contribution in [0.4, 0.5) is 13.2 Å². The number of hydrogen-bond donors (Lipinski definition) is 1. The average molecular weight is 350 g/mol. The molecule has 1 aliphatic carbocycles. The van der Waals surface area contributed by atoms with Crippen LogP contribution < -0.4 is 10.1 Å². The van der Waals surface area contributed by atoms with E-state index in [-0.39, 0.29) is 18.0 Å². The Kier molecular flexibility index (Phi) is 4.65. The first-order valence-corrected chi connectivity index (χ1v) is 7.83. The van der Waals surface area contributed by atoms with E-state index in [0.717, 1.165) is 6.07 Å². The summed E-state index contributed by atoms with van der Waals surface area (Å²) in [6.07, 6.45) is -2.42. The molecule has 25 heavy (non-hydrogen) atoms. The predicted molar refractivity (Wildman–Crippen MR) is 84.9 cm³/mol. The number of nitrogens with one attached hydrogen (secondary N) is 1. The van der Waals surface area contributed by atoms with Crippen molar-refractivity contribution < 1.29 is 22.7 Å². The lowest BCUT2D eigenvalue weighted by Crippen LogP contribution is -2.25. The summed E-state index contributed by atoms with van der Waals surface area (Å²) in [4.78, 5) is 16.3. The Bertz CT molecular complexity index is 777. The summed E-state index contributed by atoms with van der Waals surface area (Å²) in [5.41, 5.74) is 0.240. The molecule has 1 amide bonds. The van der Waals surface area contributed by atoms with E-state index in [1.807, 2.05) is 0 Å². The average Bonchev–Trinajstić information content (AvgIpc) is 3.40. The molecule has 3 rings (SSSR count). The van der Waals surface area contributed by atoms with Gasteiger partial charge in [0.1, 0.15) is 0 Å². The Morgan fingerprint density at radius 1 is 1.28 bits per heavy atom. The lowest BCUT2D eigenvalue weighted by atomic mass is 10.0. The summed E-state index contributed by atoms with van der Waals surface area (Å²) in [5.74, 6) is -0.676. The van der Waals surface area contributed by atoms with Gasteiger partial charge >= 0.3 is 6.18 Å². The number of carbonyl (C=O) groups is 1. The number of benzene rings is 1. The number of rotatable bonds is 5. The van der Waals surface area contributed by atoms with Crippen LogP contribution in [0.3, 0.4) is 0 Å². The van der Waals surface area contributed by atoms with Gasteiger partial charge in [0.2, 0.25) is 11.8 Å². The molecule has 1 saturated carbocycles. The molecule has 4 nitrogen and oxygen atoms in total. The molecule has 1 aromatic heterocycles. The van der Waals surface area contributed by atoms with Gasteiger partial charge in [-0.25, -0.2) is 4.98 Å². The van der Waals surface area contributed by atoms with Crippen LogP contribution >= 0.6 is 0 Å². The van der Waals surface area contributed by atoms with Crippen molar-refractivity contribution in [2.24, 2.45) is 5.92 Å². The number of halogens is 3. The zero-order valence-electron chi connectivity index (χ0n) is 13.5. The molecule has 0 aliphatic heterocycles. The SMILES string of the molecule is COc1ncccc1CNC(=O)[C@@H]1C[C@@H]1c1ccccc1C(F)(F)F. The molecule has 1 N–H and O–H groups in total. The lowest BCUT2D eigenvalue weighted by Gasteiger charge is -2.12. The maximum absolute atomic E-state index is 13.1. The van der Waals surface area contributed by atoms with E-state index in [1.54, 1.807) is 24.4 Å². The molecule has 1 heterocycles. The standard InChI is InChI=1S/C18H17F3N2O2/c1-25-17-11(5-4-8-22-17)10-23-16(24)14-9-13(14)12-6-2-3-7-15(12)18(19,20)21/h2-8,13-14H,9-10H2,1H3,(H,23,24)/t13-,14-/m1/s1. The molecule has 0 unspecified atom stereocenters. The molecule has 1 aliphatic rings. The van der Waals surface area contributed by atoms with Gasteiger partial charge in [-0.1, -0.05) is 24.3 Å². The monoisotopic (exact) mass is 350 g/mol. The second-order valence-electron chi connectivity index (χ2n) is 5.92. The topological polar surface area (TPSA) is 51.2 Å². The predicted octanol–water partition coefficient (Wildman–Crippen LogP) is 3.53. The van der Waals surface area contributed by atoms with Crippen LogP contribution in [-0.4, -0.2) is 18.0 Å². The van der Waals surface area contributed by atoms with Gasteiger partial charge in [-0.05, 0) is 30.0 Å². The highest BCUT2D eigenvalue weighted by Crippen LogP contribution is 2.51. The van der Waals surface area contributed by atoms with Crippen LogP contribution in [0.25, 0.3) is 0 Å². The van der Waals surface area contributed by atoms with Gasteiger partial charge in [0.05, 0.1) is 12.7 Å². The van der Waals surface area contributed by atoms with Crippen LogP contribution in [0, 0.1) is 5.92 Å². The van der Waals surface area contributed by atoms with Crippen LogP contribution in [0.5, 0.6) is 5.88 Å².